The fourth-order valence-electron chi connectivity index (χ4n) is 2.16. The minimum absolute atomic E-state index is 0.123. The lowest BCUT2D eigenvalue weighted by molar-refractivity contribution is -0.387. The number of rotatable bonds is 2. The van der Waals surface area contributed by atoms with Crippen molar-refractivity contribution in [3.8, 4) is 0 Å². The Bertz CT molecular complexity index is 862. The zero-order valence-corrected chi connectivity index (χ0v) is 11.1. The van der Waals surface area contributed by atoms with Gasteiger partial charge in [0.05, 0.1) is 16.0 Å². The molecule has 0 amide bonds. The molecule has 0 fully saturated rings. The van der Waals surface area contributed by atoms with E-state index in [0.29, 0.717) is 17.6 Å². The lowest BCUT2D eigenvalue weighted by atomic mass is 10.2. The zero-order valence-electron chi connectivity index (χ0n) is 10.3. The van der Waals surface area contributed by atoms with Crippen LogP contribution in [0.5, 0.6) is 0 Å². The maximum Gasteiger partial charge on any atom is 0.307 e. The van der Waals surface area contributed by atoms with Gasteiger partial charge in [-0.1, -0.05) is 18.5 Å². The average Bonchev–Trinajstić information content (AvgIpc) is 2.83. The minimum Gasteiger partial charge on any atom is -0.292 e. The van der Waals surface area contributed by atoms with E-state index in [0.717, 1.165) is 17.8 Å². The second kappa shape index (κ2) is 4.38. The molecule has 0 spiro atoms. The topological polar surface area (TPSA) is 73.3 Å². The molecule has 0 aliphatic carbocycles. The average molecular weight is 295 g/mol. The fourth-order valence-corrected chi connectivity index (χ4v) is 2.38. The van der Waals surface area contributed by atoms with E-state index in [4.69, 9.17) is 11.6 Å². The summed E-state index contributed by atoms with van der Waals surface area (Å²) in [6.45, 7) is 1.92. The number of halogens is 2. The van der Waals surface area contributed by atoms with E-state index in [9.17, 15) is 14.5 Å². The summed E-state index contributed by atoms with van der Waals surface area (Å²) < 4.78 is 15.5. The van der Waals surface area contributed by atoms with E-state index >= 15 is 0 Å². The van der Waals surface area contributed by atoms with Crippen molar-refractivity contribution >= 4 is 34.0 Å². The molecule has 102 valence electrons. The molecule has 0 aliphatic heterocycles. The molecule has 2 aromatic heterocycles. The minimum atomic E-state index is -0.913. The fraction of sp³-hybridized carbons (Fsp3) is 0.167. The van der Waals surface area contributed by atoms with Gasteiger partial charge in [0.1, 0.15) is 0 Å². The first-order valence-electron chi connectivity index (χ1n) is 5.82. The Morgan fingerprint density at radius 3 is 2.90 bits per heavy atom. The maximum atomic E-state index is 13.8. The number of nitro groups is 1. The highest BCUT2D eigenvalue weighted by Gasteiger charge is 2.19. The Morgan fingerprint density at radius 2 is 2.25 bits per heavy atom. The van der Waals surface area contributed by atoms with Gasteiger partial charge in [0, 0.05) is 24.0 Å². The first-order valence-corrected chi connectivity index (χ1v) is 6.20. The van der Waals surface area contributed by atoms with Crippen LogP contribution >= 0.6 is 11.6 Å². The highest BCUT2D eigenvalue weighted by atomic mass is 35.5. The quantitative estimate of drug-likeness (QED) is 0.537. The van der Waals surface area contributed by atoms with Crippen molar-refractivity contribution in [3.05, 3.63) is 45.1 Å². The molecule has 0 unspecified atom stereocenters. The van der Waals surface area contributed by atoms with Crippen molar-refractivity contribution in [2.75, 3.05) is 0 Å². The SMILES string of the molecule is CCc1cnc2c(Cl)nc3cc([N+](=O)[O-])c(F)cc3n12. The Kier molecular flexibility index (Phi) is 2.79. The Labute approximate surface area is 117 Å². The first kappa shape index (κ1) is 12.7. The van der Waals surface area contributed by atoms with Gasteiger partial charge >= 0.3 is 5.69 Å². The van der Waals surface area contributed by atoms with Crippen LogP contribution in [0.1, 0.15) is 12.6 Å². The van der Waals surface area contributed by atoms with Gasteiger partial charge in [-0.05, 0) is 6.42 Å². The molecule has 0 radical (unpaired) electrons. The van der Waals surface area contributed by atoms with Crippen LogP contribution in [0.15, 0.2) is 18.3 Å². The number of fused-ring (bicyclic) bond motifs is 3. The molecule has 0 aliphatic rings. The molecule has 6 nitrogen and oxygen atoms in total. The standard InChI is InChI=1S/C12H8ClFN4O2/c1-2-6-5-15-12-11(13)16-8-4-9(18(19)20)7(14)3-10(8)17(6)12/h3-5H,2H2,1H3. The molecule has 3 aromatic rings. The summed E-state index contributed by atoms with van der Waals surface area (Å²) in [5.41, 5.74) is 1.26. The highest BCUT2D eigenvalue weighted by molar-refractivity contribution is 6.32. The van der Waals surface area contributed by atoms with Crippen molar-refractivity contribution in [2.45, 2.75) is 13.3 Å². The lowest BCUT2D eigenvalue weighted by Gasteiger charge is -2.06. The number of aryl methyl sites for hydroxylation is 1. The van der Waals surface area contributed by atoms with Crippen LogP contribution in [-0.2, 0) is 6.42 Å². The second-order valence-corrected chi connectivity index (χ2v) is 4.57. The zero-order chi connectivity index (χ0) is 14.4. The summed E-state index contributed by atoms with van der Waals surface area (Å²) in [7, 11) is 0. The van der Waals surface area contributed by atoms with Crippen LogP contribution in [0, 0.1) is 15.9 Å². The first-order chi connectivity index (χ1) is 9.52. The summed E-state index contributed by atoms with van der Waals surface area (Å²) in [6.07, 6.45) is 2.29. The molecule has 0 saturated carbocycles. The molecule has 20 heavy (non-hydrogen) atoms. The second-order valence-electron chi connectivity index (χ2n) is 4.21. The van der Waals surface area contributed by atoms with Crippen LogP contribution in [0.4, 0.5) is 10.1 Å². The number of benzene rings is 1. The predicted octanol–water partition coefficient (Wildman–Crippen LogP) is 3.15. The van der Waals surface area contributed by atoms with Crippen molar-refractivity contribution in [3.63, 3.8) is 0 Å². The van der Waals surface area contributed by atoms with Crippen LogP contribution in [0.25, 0.3) is 16.7 Å². The summed E-state index contributed by atoms with van der Waals surface area (Å²) in [5.74, 6) is -0.913. The predicted molar refractivity (Wildman–Crippen MR) is 71.5 cm³/mol. The van der Waals surface area contributed by atoms with Gasteiger partial charge in [-0.2, -0.15) is 4.39 Å². The molecular weight excluding hydrogens is 287 g/mol. The highest BCUT2D eigenvalue weighted by Crippen LogP contribution is 2.28. The van der Waals surface area contributed by atoms with Gasteiger partial charge in [-0.3, -0.25) is 14.5 Å². The smallest absolute Gasteiger partial charge is 0.292 e. The summed E-state index contributed by atoms with van der Waals surface area (Å²) >= 11 is 6.02. The van der Waals surface area contributed by atoms with E-state index in [1.807, 2.05) is 6.92 Å². The summed E-state index contributed by atoms with van der Waals surface area (Å²) in [4.78, 5) is 18.2. The third-order valence-electron chi connectivity index (χ3n) is 3.08. The van der Waals surface area contributed by atoms with Gasteiger partial charge in [-0.15, -0.1) is 0 Å². The van der Waals surface area contributed by atoms with Crippen LogP contribution in [0.2, 0.25) is 5.15 Å². The van der Waals surface area contributed by atoms with Crippen LogP contribution < -0.4 is 0 Å². The molecule has 0 bridgehead atoms. The number of nitro benzene ring substituents is 1. The van der Waals surface area contributed by atoms with E-state index in [1.165, 1.54) is 0 Å². The molecule has 2 heterocycles. The Balaban J connectivity index is 2.51. The number of imidazole rings is 1. The molecule has 0 saturated heterocycles. The summed E-state index contributed by atoms with van der Waals surface area (Å²) in [5, 5.41) is 10.9. The summed E-state index contributed by atoms with van der Waals surface area (Å²) in [6, 6.07) is 2.17. The number of nitrogens with zero attached hydrogens (tertiary/aromatic N) is 4. The van der Waals surface area contributed by atoms with Gasteiger partial charge in [0.25, 0.3) is 0 Å². The van der Waals surface area contributed by atoms with Crippen molar-refractivity contribution in [2.24, 2.45) is 0 Å². The maximum absolute atomic E-state index is 13.8. The van der Waals surface area contributed by atoms with Gasteiger partial charge in [0.15, 0.2) is 10.8 Å². The largest absolute Gasteiger partial charge is 0.307 e. The van der Waals surface area contributed by atoms with E-state index in [1.54, 1.807) is 10.6 Å². The lowest BCUT2D eigenvalue weighted by Crippen LogP contribution is -2.00. The Hall–Kier alpha value is -2.28. The normalized spacial score (nSPS) is 11.3. The van der Waals surface area contributed by atoms with Gasteiger partial charge in [0.2, 0.25) is 5.82 Å². The van der Waals surface area contributed by atoms with Gasteiger partial charge < -0.3 is 0 Å². The molecule has 0 N–H and O–H groups in total. The van der Waals surface area contributed by atoms with Crippen molar-refractivity contribution in [1.82, 2.24) is 14.4 Å². The molecule has 3 rings (SSSR count). The molecule has 0 atom stereocenters. The van der Waals surface area contributed by atoms with E-state index < -0.39 is 16.4 Å². The third kappa shape index (κ3) is 1.70. The van der Waals surface area contributed by atoms with Crippen molar-refractivity contribution < 1.29 is 9.31 Å². The number of aromatic nitrogens is 3. The molecular formula is C12H8ClFN4O2. The molecule has 8 heteroatoms. The number of hydrogen-bond acceptors (Lipinski definition) is 4. The van der Waals surface area contributed by atoms with Crippen LogP contribution in [-0.4, -0.2) is 19.3 Å². The van der Waals surface area contributed by atoms with Crippen molar-refractivity contribution in [1.29, 1.82) is 0 Å². The monoisotopic (exact) mass is 294 g/mol. The molecule has 1 aromatic carbocycles. The van der Waals surface area contributed by atoms with Gasteiger partial charge in [-0.25, -0.2) is 9.97 Å². The number of hydrogen-bond donors (Lipinski definition) is 0. The Morgan fingerprint density at radius 1 is 1.50 bits per heavy atom. The van der Waals surface area contributed by atoms with E-state index in [2.05, 4.69) is 9.97 Å². The van der Waals surface area contributed by atoms with E-state index in [-0.39, 0.29) is 10.7 Å². The third-order valence-corrected chi connectivity index (χ3v) is 3.34. The van der Waals surface area contributed by atoms with Crippen LogP contribution in [0.3, 0.4) is 0 Å².